The van der Waals surface area contributed by atoms with Gasteiger partial charge >= 0.3 is 0 Å². The number of rotatable bonds is 5. The van der Waals surface area contributed by atoms with Gasteiger partial charge in [0.2, 0.25) is 5.91 Å². The highest BCUT2D eigenvalue weighted by Gasteiger charge is 2.40. The third-order valence-electron chi connectivity index (χ3n) is 4.34. The van der Waals surface area contributed by atoms with Crippen LogP contribution in [0.4, 0.5) is 11.6 Å². The van der Waals surface area contributed by atoms with Gasteiger partial charge in [0.15, 0.2) is 17.4 Å². The van der Waals surface area contributed by atoms with E-state index in [0.717, 1.165) is 44.6 Å². The van der Waals surface area contributed by atoms with Crippen LogP contribution in [0, 0.1) is 0 Å². The normalized spacial score (nSPS) is 20.0. The summed E-state index contributed by atoms with van der Waals surface area (Å²) in [5.74, 6) is 0.941. The van der Waals surface area contributed by atoms with Crippen molar-refractivity contribution in [2.45, 2.75) is 44.8 Å². The van der Waals surface area contributed by atoms with Crippen LogP contribution in [0.15, 0.2) is 12.1 Å². The molecule has 23 heavy (non-hydrogen) atoms. The third kappa shape index (κ3) is 3.97. The van der Waals surface area contributed by atoms with Crippen LogP contribution in [0.25, 0.3) is 0 Å². The number of hydrogen-bond donors (Lipinski definition) is 1. The summed E-state index contributed by atoms with van der Waals surface area (Å²) in [5.41, 5.74) is 0. The monoisotopic (exact) mass is 320 g/mol. The van der Waals surface area contributed by atoms with Gasteiger partial charge in [0, 0.05) is 32.4 Å². The van der Waals surface area contributed by atoms with Gasteiger partial charge in [-0.2, -0.15) is 0 Å². The molecule has 1 aromatic heterocycles. The van der Waals surface area contributed by atoms with Crippen molar-refractivity contribution in [2.24, 2.45) is 0 Å². The summed E-state index contributed by atoms with van der Waals surface area (Å²) in [6, 6.07) is 3.70. The first kappa shape index (κ1) is 16.1. The highest BCUT2D eigenvalue weighted by atomic mass is 16.7. The van der Waals surface area contributed by atoms with E-state index in [1.807, 2.05) is 6.07 Å². The Morgan fingerprint density at radius 3 is 2.61 bits per heavy atom. The molecule has 3 rings (SSSR count). The first-order valence-corrected chi connectivity index (χ1v) is 8.37. The van der Waals surface area contributed by atoms with Crippen molar-refractivity contribution in [2.75, 3.05) is 36.5 Å². The number of nitrogens with zero attached hydrogens (tertiary/aromatic N) is 3. The van der Waals surface area contributed by atoms with Gasteiger partial charge < -0.3 is 19.7 Å². The largest absolute Gasteiger partial charge is 0.355 e. The number of anilines is 2. The van der Waals surface area contributed by atoms with Crippen LogP contribution in [0.1, 0.15) is 39.0 Å². The molecule has 0 unspecified atom stereocenters. The average Bonchev–Trinajstić information content (AvgIpc) is 3.03. The van der Waals surface area contributed by atoms with Crippen LogP contribution >= 0.6 is 0 Å². The van der Waals surface area contributed by atoms with Gasteiger partial charge in [0.05, 0.1) is 13.2 Å². The SMILES string of the molecule is CCCCC(=O)Nc1ccc(N2CCC3(CC2)OCCO3)nn1. The third-order valence-corrected chi connectivity index (χ3v) is 4.34. The van der Waals surface area contributed by atoms with E-state index in [-0.39, 0.29) is 11.7 Å². The summed E-state index contributed by atoms with van der Waals surface area (Å²) in [5, 5.41) is 11.1. The number of unbranched alkanes of at least 4 members (excludes halogenated alkanes) is 1. The summed E-state index contributed by atoms with van der Waals surface area (Å²) in [6.07, 6.45) is 4.08. The first-order chi connectivity index (χ1) is 11.2. The fourth-order valence-corrected chi connectivity index (χ4v) is 2.97. The van der Waals surface area contributed by atoms with E-state index in [9.17, 15) is 4.79 Å². The lowest BCUT2D eigenvalue weighted by molar-refractivity contribution is -0.169. The molecule has 0 saturated carbocycles. The molecular formula is C16H24N4O3. The molecule has 2 saturated heterocycles. The maximum atomic E-state index is 11.7. The molecule has 2 aliphatic rings. The van der Waals surface area contributed by atoms with Crippen molar-refractivity contribution in [3.05, 3.63) is 12.1 Å². The zero-order valence-electron chi connectivity index (χ0n) is 13.6. The molecule has 0 atom stereocenters. The van der Waals surface area contributed by atoms with Gasteiger partial charge in [-0.1, -0.05) is 13.3 Å². The number of hydrogen-bond acceptors (Lipinski definition) is 6. The zero-order chi connectivity index (χ0) is 16.1. The van der Waals surface area contributed by atoms with Crippen LogP contribution in [0.2, 0.25) is 0 Å². The van der Waals surface area contributed by atoms with Gasteiger partial charge in [-0.25, -0.2) is 0 Å². The van der Waals surface area contributed by atoms with Crippen LogP contribution in [0.5, 0.6) is 0 Å². The van der Waals surface area contributed by atoms with Crippen molar-refractivity contribution in [1.29, 1.82) is 0 Å². The van der Waals surface area contributed by atoms with Crippen molar-refractivity contribution in [3.8, 4) is 0 Å². The standard InChI is InChI=1S/C16H24N4O3/c1-2-3-4-15(21)17-13-5-6-14(19-18-13)20-9-7-16(8-10-20)22-11-12-23-16/h5-6H,2-4,7-12H2,1H3,(H,17,18,21). The molecule has 2 aliphatic heterocycles. The molecule has 1 amide bonds. The molecular weight excluding hydrogens is 296 g/mol. The van der Waals surface area contributed by atoms with E-state index in [2.05, 4.69) is 27.3 Å². The van der Waals surface area contributed by atoms with E-state index in [1.54, 1.807) is 6.07 Å². The van der Waals surface area contributed by atoms with E-state index < -0.39 is 0 Å². The van der Waals surface area contributed by atoms with Gasteiger partial charge in [-0.05, 0) is 18.6 Å². The minimum atomic E-state index is -0.378. The number of carbonyl (C=O) groups excluding carboxylic acids is 1. The molecule has 2 fully saturated rings. The Hall–Kier alpha value is -1.73. The molecule has 126 valence electrons. The van der Waals surface area contributed by atoms with Crippen LogP contribution in [0.3, 0.4) is 0 Å². The highest BCUT2D eigenvalue weighted by Crippen LogP contribution is 2.32. The highest BCUT2D eigenvalue weighted by molar-refractivity contribution is 5.89. The number of nitrogens with one attached hydrogen (secondary N) is 1. The van der Waals surface area contributed by atoms with Crippen molar-refractivity contribution < 1.29 is 14.3 Å². The number of amides is 1. The molecule has 0 bridgehead atoms. The topological polar surface area (TPSA) is 76.6 Å². The number of aromatic nitrogens is 2. The minimum absolute atomic E-state index is 0.00987. The second-order valence-electron chi connectivity index (χ2n) is 6.02. The maximum Gasteiger partial charge on any atom is 0.225 e. The van der Waals surface area contributed by atoms with Crippen molar-refractivity contribution >= 4 is 17.5 Å². The lowest BCUT2D eigenvalue weighted by Crippen LogP contribution is -2.45. The Kier molecular flexibility index (Phi) is 5.07. The smallest absolute Gasteiger partial charge is 0.225 e. The van der Waals surface area contributed by atoms with Gasteiger partial charge in [-0.3, -0.25) is 4.79 Å². The maximum absolute atomic E-state index is 11.7. The Morgan fingerprint density at radius 1 is 1.26 bits per heavy atom. The molecule has 7 heteroatoms. The molecule has 0 radical (unpaired) electrons. The number of carbonyl (C=O) groups is 1. The second kappa shape index (κ2) is 7.23. The quantitative estimate of drug-likeness (QED) is 0.893. The van der Waals surface area contributed by atoms with Gasteiger partial charge in [0.1, 0.15) is 0 Å². The molecule has 1 spiro atoms. The van der Waals surface area contributed by atoms with Gasteiger partial charge in [-0.15, -0.1) is 10.2 Å². The molecule has 1 N–H and O–H groups in total. The van der Waals surface area contributed by atoms with Crippen molar-refractivity contribution in [3.63, 3.8) is 0 Å². The van der Waals surface area contributed by atoms with Crippen molar-refractivity contribution in [1.82, 2.24) is 10.2 Å². The van der Waals surface area contributed by atoms with Crippen LogP contribution in [-0.2, 0) is 14.3 Å². The summed E-state index contributed by atoms with van der Waals surface area (Å²) < 4.78 is 11.5. The Balaban J connectivity index is 1.52. The average molecular weight is 320 g/mol. The molecule has 3 heterocycles. The summed E-state index contributed by atoms with van der Waals surface area (Å²) in [4.78, 5) is 13.9. The van der Waals surface area contributed by atoms with Gasteiger partial charge in [0.25, 0.3) is 0 Å². The Bertz CT molecular complexity index is 519. The van der Waals surface area contributed by atoms with E-state index >= 15 is 0 Å². The zero-order valence-corrected chi connectivity index (χ0v) is 13.6. The lowest BCUT2D eigenvalue weighted by atomic mass is 10.0. The Morgan fingerprint density at radius 2 is 2.00 bits per heavy atom. The van der Waals surface area contributed by atoms with E-state index in [4.69, 9.17) is 9.47 Å². The lowest BCUT2D eigenvalue weighted by Gasteiger charge is -2.37. The minimum Gasteiger partial charge on any atom is -0.355 e. The molecule has 7 nitrogen and oxygen atoms in total. The number of piperidine rings is 1. The summed E-state index contributed by atoms with van der Waals surface area (Å²) >= 11 is 0. The van der Waals surface area contributed by atoms with Crippen LogP contribution in [-0.4, -0.2) is 48.2 Å². The predicted octanol–water partition coefficient (Wildman–Crippen LogP) is 1.95. The summed E-state index contributed by atoms with van der Waals surface area (Å²) in [6.45, 7) is 5.10. The predicted molar refractivity (Wildman–Crippen MR) is 86.3 cm³/mol. The number of ether oxygens (including phenoxy) is 2. The molecule has 0 aromatic carbocycles. The fourth-order valence-electron chi connectivity index (χ4n) is 2.97. The molecule has 0 aliphatic carbocycles. The second-order valence-corrected chi connectivity index (χ2v) is 6.02. The summed E-state index contributed by atoms with van der Waals surface area (Å²) in [7, 11) is 0. The van der Waals surface area contributed by atoms with E-state index in [1.165, 1.54) is 0 Å². The van der Waals surface area contributed by atoms with Crippen LogP contribution < -0.4 is 10.2 Å². The Labute approximate surface area is 136 Å². The fraction of sp³-hybridized carbons (Fsp3) is 0.688. The van der Waals surface area contributed by atoms with E-state index in [0.29, 0.717) is 25.5 Å². The first-order valence-electron chi connectivity index (χ1n) is 8.37. The molecule has 1 aromatic rings.